The lowest BCUT2D eigenvalue weighted by Crippen LogP contribution is -2.44. The number of anilines is 1. The van der Waals surface area contributed by atoms with Crippen molar-refractivity contribution in [2.24, 2.45) is 5.92 Å². The molecule has 2 amide bonds. The number of hydrogen-bond acceptors (Lipinski definition) is 4. The van der Waals surface area contributed by atoms with Crippen LogP contribution in [-0.2, 0) is 9.59 Å². The quantitative estimate of drug-likeness (QED) is 0.585. The van der Waals surface area contributed by atoms with Gasteiger partial charge in [-0.2, -0.15) is 5.26 Å². The first-order chi connectivity index (χ1) is 15.6. The van der Waals surface area contributed by atoms with E-state index in [9.17, 15) is 9.59 Å². The van der Waals surface area contributed by atoms with Gasteiger partial charge in [-0.05, 0) is 55.7 Å². The Morgan fingerprint density at radius 3 is 2.44 bits per heavy atom. The summed E-state index contributed by atoms with van der Waals surface area (Å²) in [5.41, 5.74) is 1.74. The number of hydrogen-bond donors (Lipinski definition) is 0. The Morgan fingerprint density at radius 2 is 1.81 bits per heavy atom. The second kappa shape index (κ2) is 11.7. The van der Waals surface area contributed by atoms with Crippen LogP contribution in [0.3, 0.4) is 0 Å². The van der Waals surface area contributed by atoms with Gasteiger partial charge in [-0.25, -0.2) is 0 Å². The summed E-state index contributed by atoms with van der Waals surface area (Å²) in [6.45, 7) is 3.94. The average Bonchev–Trinajstić information content (AvgIpc) is 2.84. The fourth-order valence-corrected chi connectivity index (χ4v) is 3.82. The van der Waals surface area contributed by atoms with E-state index in [2.05, 4.69) is 6.07 Å². The zero-order valence-corrected chi connectivity index (χ0v) is 18.4. The molecule has 1 aliphatic rings. The molecular formula is C26H29N3O3. The largest absolute Gasteiger partial charge is 0.494 e. The van der Waals surface area contributed by atoms with E-state index >= 15 is 0 Å². The molecule has 1 heterocycles. The number of ether oxygens (including phenoxy) is 1. The molecule has 1 fully saturated rings. The minimum Gasteiger partial charge on any atom is -0.494 e. The first-order valence-electron chi connectivity index (χ1n) is 11.1. The molecule has 3 rings (SSSR count). The molecule has 0 bridgehead atoms. The molecule has 2 aromatic carbocycles. The number of nitrogens with zero attached hydrogens (tertiary/aromatic N) is 3. The first kappa shape index (κ1) is 23.1. The number of likely N-dealkylation sites (tertiary alicyclic amines) is 1. The Labute approximate surface area is 189 Å². The molecule has 6 nitrogen and oxygen atoms in total. The second-order valence-corrected chi connectivity index (χ2v) is 7.67. The van der Waals surface area contributed by atoms with E-state index in [4.69, 9.17) is 10.00 Å². The van der Waals surface area contributed by atoms with Crippen LogP contribution in [0.2, 0.25) is 0 Å². The number of piperidine rings is 1. The fourth-order valence-electron chi connectivity index (χ4n) is 3.82. The molecule has 166 valence electrons. The van der Waals surface area contributed by atoms with E-state index in [0.29, 0.717) is 39.1 Å². The van der Waals surface area contributed by atoms with Crippen LogP contribution >= 0.6 is 0 Å². The molecule has 0 unspecified atom stereocenters. The highest BCUT2D eigenvalue weighted by Gasteiger charge is 2.30. The highest BCUT2D eigenvalue weighted by atomic mass is 16.5. The van der Waals surface area contributed by atoms with Crippen molar-refractivity contribution in [3.05, 3.63) is 66.2 Å². The van der Waals surface area contributed by atoms with Crippen molar-refractivity contribution in [3.63, 3.8) is 0 Å². The molecule has 0 spiro atoms. The fraction of sp³-hybridized carbons (Fsp3) is 0.346. The van der Waals surface area contributed by atoms with Crippen LogP contribution in [-0.4, -0.2) is 43.0 Å². The maximum Gasteiger partial charge on any atom is 0.246 e. The standard InChI is InChI=1S/C26H29N3O3/c1-2-32-24-12-10-23(11-13-24)29(18-6-17-27)26(31)22-15-19-28(20-16-22)25(30)14-9-21-7-4-3-5-8-21/h3-5,7-14,22H,2,6,15-16,18-20H2,1H3/b14-9+. The third-order valence-electron chi connectivity index (χ3n) is 5.55. The smallest absolute Gasteiger partial charge is 0.246 e. The van der Waals surface area contributed by atoms with E-state index in [1.807, 2.05) is 67.6 Å². The third-order valence-corrected chi connectivity index (χ3v) is 5.55. The van der Waals surface area contributed by atoms with Gasteiger partial charge in [0.2, 0.25) is 11.8 Å². The number of rotatable bonds is 8. The molecular weight excluding hydrogens is 402 g/mol. The summed E-state index contributed by atoms with van der Waals surface area (Å²) < 4.78 is 5.48. The molecule has 0 atom stereocenters. The summed E-state index contributed by atoms with van der Waals surface area (Å²) in [4.78, 5) is 29.3. The van der Waals surface area contributed by atoms with Gasteiger partial charge in [-0.15, -0.1) is 0 Å². The van der Waals surface area contributed by atoms with Gasteiger partial charge in [0, 0.05) is 37.3 Å². The first-order valence-corrected chi connectivity index (χ1v) is 11.1. The van der Waals surface area contributed by atoms with Crippen LogP contribution in [0.5, 0.6) is 5.75 Å². The normalized spacial score (nSPS) is 14.2. The monoisotopic (exact) mass is 431 g/mol. The molecule has 32 heavy (non-hydrogen) atoms. The predicted molar refractivity (Wildman–Crippen MR) is 125 cm³/mol. The zero-order chi connectivity index (χ0) is 22.8. The van der Waals surface area contributed by atoms with E-state index in [0.717, 1.165) is 17.0 Å². The van der Waals surface area contributed by atoms with E-state index < -0.39 is 0 Å². The minimum atomic E-state index is -0.164. The molecule has 0 aromatic heterocycles. The predicted octanol–water partition coefficient (Wildman–Crippen LogP) is 4.28. The van der Waals surface area contributed by atoms with Crippen LogP contribution in [0.25, 0.3) is 6.08 Å². The summed E-state index contributed by atoms with van der Waals surface area (Å²) >= 11 is 0. The maximum absolute atomic E-state index is 13.3. The van der Waals surface area contributed by atoms with E-state index in [1.54, 1.807) is 15.9 Å². The van der Waals surface area contributed by atoms with Crippen molar-refractivity contribution in [2.75, 3.05) is 31.1 Å². The Bertz CT molecular complexity index is 956. The van der Waals surface area contributed by atoms with Crippen molar-refractivity contribution >= 4 is 23.6 Å². The minimum absolute atomic E-state index is 0.0105. The lowest BCUT2D eigenvalue weighted by atomic mass is 9.94. The Kier molecular flexibility index (Phi) is 8.44. The van der Waals surface area contributed by atoms with Crippen LogP contribution in [0, 0.1) is 17.2 Å². The van der Waals surface area contributed by atoms with Crippen molar-refractivity contribution in [3.8, 4) is 11.8 Å². The van der Waals surface area contributed by atoms with Crippen molar-refractivity contribution < 1.29 is 14.3 Å². The van der Waals surface area contributed by atoms with Gasteiger partial charge < -0.3 is 14.5 Å². The topological polar surface area (TPSA) is 73.6 Å². The summed E-state index contributed by atoms with van der Waals surface area (Å²) in [7, 11) is 0. The number of nitriles is 1. The zero-order valence-electron chi connectivity index (χ0n) is 18.4. The molecule has 0 aliphatic carbocycles. The summed E-state index contributed by atoms with van der Waals surface area (Å²) in [5, 5.41) is 9.04. The van der Waals surface area contributed by atoms with Gasteiger partial charge >= 0.3 is 0 Å². The van der Waals surface area contributed by atoms with Crippen LogP contribution in [0.4, 0.5) is 5.69 Å². The number of benzene rings is 2. The summed E-state index contributed by atoms with van der Waals surface area (Å²) in [5.74, 6) is 0.561. The molecule has 1 saturated heterocycles. The van der Waals surface area contributed by atoms with Crippen molar-refractivity contribution in [1.29, 1.82) is 5.26 Å². The third kappa shape index (κ3) is 6.21. The van der Waals surface area contributed by atoms with Crippen molar-refractivity contribution in [2.45, 2.75) is 26.2 Å². The number of amides is 2. The average molecular weight is 432 g/mol. The second-order valence-electron chi connectivity index (χ2n) is 7.67. The van der Waals surface area contributed by atoms with Gasteiger partial charge in [0.1, 0.15) is 5.75 Å². The summed E-state index contributed by atoms with van der Waals surface area (Å²) in [6, 6.07) is 19.2. The molecule has 2 aromatic rings. The van der Waals surface area contributed by atoms with Gasteiger partial charge in [-0.3, -0.25) is 9.59 Å². The maximum atomic E-state index is 13.3. The number of carbonyl (C=O) groups is 2. The van der Waals surface area contributed by atoms with Crippen molar-refractivity contribution in [1.82, 2.24) is 4.90 Å². The van der Waals surface area contributed by atoms with Gasteiger partial charge in [-0.1, -0.05) is 30.3 Å². The van der Waals surface area contributed by atoms with Crippen LogP contribution in [0.15, 0.2) is 60.7 Å². The Morgan fingerprint density at radius 1 is 1.12 bits per heavy atom. The molecule has 1 aliphatic heterocycles. The lowest BCUT2D eigenvalue weighted by Gasteiger charge is -2.33. The Hall–Kier alpha value is -3.59. The molecule has 0 radical (unpaired) electrons. The molecule has 0 saturated carbocycles. The van der Waals surface area contributed by atoms with E-state index in [1.165, 1.54) is 0 Å². The van der Waals surface area contributed by atoms with Gasteiger partial charge in [0.05, 0.1) is 19.1 Å². The molecule has 6 heteroatoms. The highest BCUT2D eigenvalue weighted by Crippen LogP contribution is 2.26. The van der Waals surface area contributed by atoms with E-state index in [-0.39, 0.29) is 24.2 Å². The van der Waals surface area contributed by atoms with Gasteiger partial charge in [0.15, 0.2) is 0 Å². The lowest BCUT2D eigenvalue weighted by molar-refractivity contribution is -0.130. The van der Waals surface area contributed by atoms with Crippen LogP contribution < -0.4 is 9.64 Å². The van der Waals surface area contributed by atoms with Crippen LogP contribution in [0.1, 0.15) is 31.7 Å². The van der Waals surface area contributed by atoms with Gasteiger partial charge in [0.25, 0.3) is 0 Å². The summed E-state index contributed by atoms with van der Waals surface area (Å²) in [6.07, 6.45) is 4.90. The number of carbonyl (C=O) groups excluding carboxylic acids is 2. The SMILES string of the molecule is CCOc1ccc(N(CCC#N)C(=O)C2CCN(C(=O)/C=C/c3ccccc3)CC2)cc1. The highest BCUT2D eigenvalue weighted by molar-refractivity contribution is 5.96. The Balaban J connectivity index is 1.60. The molecule has 0 N–H and O–H groups in total.